The van der Waals surface area contributed by atoms with Crippen molar-refractivity contribution in [3.8, 4) is 113 Å². The van der Waals surface area contributed by atoms with Crippen molar-refractivity contribution in [2.24, 2.45) is 0 Å². The van der Waals surface area contributed by atoms with Crippen molar-refractivity contribution in [1.82, 2.24) is 34.1 Å². The van der Waals surface area contributed by atoms with Crippen molar-refractivity contribution in [2.75, 3.05) is 0 Å². The molecule has 0 N–H and O–H groups in total. The molecule has 7 nitrogen and oxygen atoms in total. The van der Waals surface area contributed by atoms with Crippen LogP contribution in [0.15, 0.2) is 346 Å². The van der Waals surface area contributed by atoms with Crippen LogP contribution in [0.1, 0.15) is 0 Å². The summed E-state index contributed by atoms with van der Waals surface area (Å²) in [6.45, 7) is 0. The first-order chi connectivity index (χ1) is 48.5. The lowest BCUT2D eigenvalue weighted by Crippen LogP contribution is -2.02. The van der Waals surface area contributed by atoms with Gasteiger partial charge in [0.15, 0.2) is 23.3 Å². The first kappa shape index (κ1) is 56.3. The Morgan fingerprint density at radius 1 is 0.153 bits per heavy atom. The van der Waals surface area contributed by atoms with E-state index >= 15 is 0 Å². The number of hydrogen-bond donors (Lipinski definition) is 0. The second kappa shape index (κ2) is 23.4. The largest absolute Gasteiger partial charge is 0.309 e. The van der Waals surface area contributed by atoms with Gasteiger partial charge in [-0.2, -0.15) is 0 Å². The van der Waals surface area contributed by atoms with Gasteiger partial charge in [-0.3, -0.25) is 0 Å². The maximum Gasteiger partial charge on any atom is 0.164 e. The maximum absolute atomic E-state index is 5.42. The van der Waals surface area contributed by atoms with Crippen LogP contribution in [0.4, 0.5) is 0 Å². The molecule has 4 heterocycles. The Labute approximate surface area is 565 Å². The number of aromatic nitrogens is 7. The second-order valence-electron chi connectivity index (χ2n) is 25.2. The van der Waals surface area contributed by atoms with Gasteiger partial charge in [-0.15, -0.1) is 0 Å². The molecule has 0 aliphatic rings. The molecule has 19 rings (SSSR count). The summed E-state index contributed by atoms with van der Waals surface area (Å²) in [6, 6.07) is 124. The fourth-order valence-electron chi connectivity index (χ4n) is 14.7. The van der Waals surface area contributed by atoms with E-state index in [0.717, 1.165) is 117 Å². The Balaban J connectivity index is 0.725. The van der Waals surface area contributed by atoms with E-state index in [1.165, 1.54) is 48.5 Å². The monoisotopic (exact) mass is 1250 g/mol. The summed E-state index contributed by atoms with van der Waals surface area (Å²) < 4.78 is 4.83. The molecule has 0 aliphatic carbocycles. The van der Waals surface area contributed by atoms with Gasteiger partial charge in [0, 0.05) is 66.3 Å². The molecule has 4 aromatic heterocycles. The lowest BCUT2D eigenvalue weighted by atomic mass is 9.90. The van der Waals surface area contributed by atoms with E-state index in [1.54, 1.807) is 0 Å². The van der Waals surface area contributed by atoms with Crippen LogP contribution in [0, 0.1) is 0 Å². The predicted molar refractivity (Wildman–Crippen MR) is 406 cm³/mol. The standard InChI is InChI=1S/C91H57N7/c1-5-23-58(24-6-1)82-57-83(59-25-7-2-8-26-59)93-91(92-82)69-51-70(97-84-40-18-15-37-76(84)77-38-16-19-41-85(77)97)56-71(52-69)98-86-42-20-17-39-78(86)81-55-67(45-48-87(81)98)66-44-47-75-79(54-66)73-36-14-13-35-72(73)74-46-43-65(53-80(74)75)63-32-21-31-62(49-63)64-33-22-34-68(50-64)90-95-88(60-27-9-3-10-28-60)94-89(96-90)61-29-11-4-12-30-61/h1-57H. The zero-order chi connectivity index (χ0) is 64.6. The van der Waals surface area contributed by atoms with Crippen LogP contribution in [0.3, 0.4) is 0 Å². The Kier molecular flexibility index (Phi) is 13.4. The van der Waals surface area contributed by atoms with Gasteiger partial charge in [-0.25, -0.2) is 24.9 Å². The molecule has 0 spiro atoms. The quantitative estimate of drug-likeness (QED) is 0.121. The molecule has 19 aromatic rings. The number of para-hydroxylation sites is 3. The number of hydrogen-bond acceptors (Lipinski definition) is 5. The number of nitrogens with zero attached hydrogens (tertiary/aromatic N) is 7. The number of rotatable bonds is 11. The van der Waals surface area contributed by atoms with Gasteiger partial charge in [-0.1, -0.05) is 267 Å². The molecule has 15 aromatic carbocycles. The third-order valence-corrected chi connectivity index (χ3v) is 19.3. The van der Waals surface area contributed by atoms with Crippen LogP contribution in [0.25, 0.3) is 189 Å². The Morgan fingerprint density at radius 2 is 0.459 bits per heavy atom. The second-order valence-corrected chi connectivity index (χ2v) is 25.2. The van der Waals surface area contributed by atoms with E-state index in [0.29, 0.717) is 23.3 Å². The highest BCUT2D eigenvalue weighted by atomic mass is 15.0. The van der Waals surface area contributed by atoms with E-state index in [1.807, 2.05) is 72.8 Å². The normalized spacial score (nSPS) is 11.7. The molecular formula is C91H57N7. The van der Waals surface area contributed by atoms with Gasteiger partial charge < -0.3 is 9.13 Å². The summed E-state index contributed by atoms with van der Waals surface area (Å²) >= 11 is 0. The van der Waals surface area contributed by atoms with Crippen LogP contribution < -0.4 is 0 Å². The summed E-state index contributed by atoms with van der Waals surface area (Å²) in [7, 11) is 0. The van der Waals surface area contributed by atoms with Gasteiger partial charge in [0.2, 0.25) is 0 Å². The average Bonchev–Trinajstić information content (AvgIpc) is 1.28. The molecular weight excluding hydrogens is 1190 g/mol. The molecule has 0 unspecified atom stereocenters. The van der Waals surface area contributed by atoms with Gasteiger partial charge in [-0.05, 0) is 145 Å². The highest BCUT2D eigenvalue weighted by Gasteiger charge is 2.22. The minimum absolute atomic E-state index is 0.625. The van der Waals surface area contributed by atoms with Gasteiger partial charge in [0.1, 0.15) is 0 Å². The van der Waals surface area contributed by atoms with Gasteiger partial charge >= 0.3 is 0 Å². The van der Waals surface area contributed by atoms with Crippen LogP contribution in [-0.4, -0.2) is 34.1 Å². The van der Waals surface area contributed by atoms with Crippen LogP contribution >= 0.6 is 0 Å². The molecule has 0 saturated carbocycles. The lowest BCUT2D eigenvalue weighted by Gasteiger charge is -2.16. The first-order valence-corrected chi connectivity index (χ1v) is 33.2. The Bertz CT molecular complexity index is 6190. The molecule has 0 radical (unpaired) electrons. The van der Waals surface area contributed by atoms with Crippen molar-refractivity contribution < 1.29 is 0 Å². The number of fused-ring (bicyclic) bond motifs is 12. The molecule has 456 valence electrons. The van der Waals surface area contributed by atoms with Crippen molar-refractivity contribution in [3.63, 3.8) is 0 Å². The van der Waals surface area contributed by atoms with Crippen LogP contribution in [-0.2, 0) is 0 Å². The molecule has 0 atom stereocenters. The van der Waals surface area contributed by atoms with E-state index in [9.17, 15) is 0 Å². The van der Waals surface area contributed by atoms with Crippen LogP contribution in [0.5, 0.6) is 0 Å². The predicted octanol–water partition coefficient (Wildman–Crippen LogP) is 23.3. The molecule has 0 bridgehead atoms. The zero-order valence-corrected chi connectivity index (χ0v) is 53.0. The minimum Gasteiger partial charge on any atom is -0.309 e. The topological polar surface area (TPSA) is 74.3 Å². The zero-order valence-electron chi connectivity index (χ0n) is 53.0. The molecule has 0 fully saturated rings. The number of benzene rings is 15. The first-order valence-electron chi connectivity index (χ1n) is 33.2. The average molecular weight is 1250 g/mol. The van der Waals surface area contributed by atoms with E-state index < -0.39 is 0 Å². The third kappa shape index (κ3) is 9.79. The summed E-state index contributed by atoms with van der Waals surface area (Å²) in [5, 5.41) is 12.0. The smallest absolute Gasteiger partial charge is 0.164 e. The fourth-order valence-corrected chi connectivity index (χ4v) is 14.7. The van der Waals surface area contributed by atoms with E-state index in [2.05, 4.69) is 282 Å². The van der Waals surface area contributed by atoms with Crippen molar-refractivity contribution in [2.45, 2.75) is 0 Å². The van der Waals surface area contributed by atoms with Crippen molar-refractivity contribution in [1.29, 1.82) is 0 Å². The third-order valence-electron chi connectivity index (χ3n) is 19.3. The van der Waals surface area contributed by atoms with Gasteiger partial charge in [0.05, 0.1) is 33.5 Å². The van der Waals surface area contributed by atoms with E-state index in [4.69, 9.17) is 24.9 Å². The summed E-state index contributed by atoms with van der Waals surface area (Å²) in [6.07, 6.45) is 0. The molecule has 7 heteroatoms. The van der Waals surface area contributed by atoms with E-state index in [-0.39, 0.29) is 0 Å². The maximum atomic E-state index is 5.42. The molecule has 98 heavy (non-hydrogen) atoms. The van der Waals surface area contributed by atoms with Crippen LogP contribution in [0.2, 0.25) is 0 Å². The highest BCUT2D eigenvalue weighted by molar-refractivity contribution is 6.26. The van der Waals surface area contributed by atoms with Gasteiger partial charge in [0.25, 0.3) is 0 Å². The summed E-state index contributed by atoms with van der Waals surface area (Å²) in [5.74, 6) is 2.54. The summed E-state index contributed by atoms with van der Waals surface area (Å²) in [4.78, 5) is 25.9. The Hall–Kier alpha value is -13.2. The molecule has 0 amide bonds. The highest BCUT2D eigenvalue weighted by Crippen LogP contribution is 2.43. The Morgan fingerprint density at radius 3 is 0.939 bits per heavy atom. The van der Waals surface area contributed by atoms with Crippen molar-refractivity contribution >= 4 is 75.9 Å². The minimum atomic E-state index is 0.625. The van der Waals surface area contributed by atoms with Crippen molar-refractivity contribution in [3.05, 3.63) is 346 Å². The summed E-state index contributed by atoms with van der Waals surface area (Å²) in [5.41, 5.74) is 20.7. The lowest BCUT2D eigenvalue weighted by molar-refractivity contribution is 1.07. The SMILES string of the molecule is c1ccc(-c2cc(-c3ccccc3)nc(-c3cc(-n4c5ccccc5c5ccccc54)cc(-n4c5ccccc5c5cc(-c6ccc7c8cc(-c9cccc(-c%10cccc(-c%11nc(-c%12ccccc%12)nc(-c%12ccccc%12)n%11)c%10)c9)ccc8c8ccccc8c7c6)ccc54)c3)n2)cc1. The molecule has 0 saturated heterocycles. The fraction of sp³-hybridized carbons (Fsp3) is 0. The molecule has 0 aliphatic heterocycles.